The van der Waals surface area contributed by atoms with E-state index in [4.69, 9.17) is 14.2 Å². The molecule has 39 heavy (non-hydrogen) atoms. The molecule has 10 nitrogen and oxygen atoms in total. The Morgan fingerprint density at radius 2 is 1.54 bits per heavy atom. The zero-order valence-electron chi connectivity index (χ0n) is 21.5. The molecule has 2 aromatic heterocycles. The molecule has 0 N–H and O–H groups in total. The van der Waals surface area contributed by atoms with Crippen molar-refractivity contribution < 1.29 is 23.8 Å². The number of hydrogen-bond acceptors (Lipinski definition) is 8. The van der Waals surface area contributed by atoms with Crippen molar-refractivity contribution in [3.8, 4) is 5.69 Å². The number of pyridine rings is 1. The van der Waals surface area contributed by atoms with Crippen LogP contribution in [0.2, 0.25) is 0 Å². The lowest BCUT2D eigenvalue weighted by molar-refractivity contribution is -0.0521. The van der Waals surface area contributed by atoms with Crippen molar-refractivity contribution >= 4 is 11.9 Å². The number of ether oxygens (including phenoxy) is 3. The van der Waals surface area contributed by atoms with Crippen LogP contribution in [0, 0.1) is 0 Å². The smallest absolute Gasteiger partial charge is 0.338 e. The average molecular weight is 529 g/mol. The number of hydrogen-bond donors (Lipinski definition) is 0. The molecular formula is C29H28N4O6. The van der Waals surface area contributed by atoms with Gasteiger partial charge in [0.25, 0.3) is 5.56 Å². The fraction of sp³-hybridized carbons (Fsp3) is 0.276. The van der Waals surface area contributed by atoms with Crippen LogP contribution in [0.15, 0.2) is 90.4 Å². The highest BCUT2D eigenvalue weighted by Gasteiger charge is 2.50. The van der Waals surface area contributed by atoms with Crippen LogP contribution in [0.1, 0.15) is 52.8 Å². The quantitative estimate of drug-likeness (QED) is 0.318. The van der Waals surface area contributed by atoms with Crippen LogP contribution in [-0.4, -0.2) is 49.6 Å². The molecule has 1 aliphatic heterocycles. The molecular weight excluding hydrogens is 500 g/mol. The predicted molar refractivity (Wildman–Crippen MR) is 140 cm³/mol. The van der Waals surface area contributed by atoms with Crippen LogP contribution in [-0.2, 0) is 20.6 Å². The van der Waals surface area contributed by atoms with Crippen LogP contribution in [0.3, 0.4) is 0 Å². The Bertz CT molecular complexity index is 1490. The van der Waals surface area contributed by atoms with Crippen molar-refractivity contribution in [3.05, 3.63) is 113 Å². The van der Waals surface area contributed by atoms with Crippen LogP contribution in [0.5, 0.6) is 0 Å². The summed E-state index contributed by atoms with van der Waals surface area (Å²) >= 11 is 0. The van der Waals surface area contributed by atoms with E-state index in [9.17, 15) is 14.4 Å². The molecule has 5 rings (SSSR count). The van der Waals surface area contributed by atoms with E-state index in [0.717, 1.165) is 5.56 Å². The second-order valence-electron chi connectivity index (χ2n) is 9.07. The van der Waals surface area contributed by atoms with E-state index in [0.29, 0.717) is 29.7 Å². The molecule has 200 valence electrons. The largest absolute Gasteiger partial charge is 0.452 e. The Morgan fingerprint density at radius 3 is 2.08 bits per heavy atom. The molecule has 10 heteroatoms. The minimum atomic E-state index is -1.09. The molecule has 3 heterocycles. The third-order valence-corrected chi connectivity index (χ3v) is 6.65. The van der Waals surface area contributed by atoms with Gasteiger partial charge in [-0.3, -0.25) is 9.36 Å². The summed E-state index contributed by atoms with van der Waals surface area (Å²) < 4.78 is 21.0. The zero-order chi connectivity index (χ0) is 27.4. The molecule has 1 unspecified atom stereocenters. The first-order chi connectivity index (χ1) is 19.0. The van der Waals surface area contributed by atoms with Crippen molar-refractivity contribution in [2.75, 3.05) is 0 Å². The summed E-state index contributed by atoms with van der Waals surface area (Å²) in [6, 6.07) is 18.5. The number of carbonyl (C=O) groups excluding carboxylic acids is 2. The summed E-state index contributed by atoms with van der Waals surface area (Å²) in [7, 11) is 0. The van der Waals surface area contributed by atoms with E-state index in [1.807, 2.05) is 13.8 Å². The number of carbonyl (C=O) groups is 2. The van der Waals surface area contributed by atoms with Crippen molar-refractivity contribution in [1.82, 2.24) is 19.3 Å². The summed E-state index contributed by atoms with van der Waals surface area (Å²) in [5.41, 5.74) is 1.67. The molecule has 0 aliphatic carbocycles. The van der Waals surface area contributed by atoms with Gasteiger partial charge in [0.05, 0.1) is 16.8 Å². The van der Waals surface area contributed by atoms with Gasteiger partial charge in [0.1, 0.15) is 18.8 Å². The summed E-state index contributed by atoms with van der Waals surface area (Å²) in [6.07, 6.45) is 1.92. The Labute approximate surface area is 224 Å². The van der Waals surface area contributed by atoms with Crippen LogP contribution in [0.25, 0.3) is 5.69 Å². The first-order valence-electron chi connectivity index (χ1n) is 12.8. The van der Waals surface area contributed by atoms with Gasteiger partial charge in [0, 0.05) is 12.3 Å². The van der Waals surface area contributed by atoms with Gasteiger partial charge in [-0.05, 0) is 42.7 Å². The SMILES string of the molecule is CCc1cn([C@@H]2O[C@H](CC)C(OC(=O)c3ccccc3)[C@@H]2OC(=O)c2ccccc2)c(=O)cc1-n1cncn1. The normalized spacial score (nSPS) is 20.5. The minimum Gasteiger partial charge on any atom is -0.452 e. The lowest BCUT2D eigenvalue weighted by Crippen LogP contribution is -2.41. The summed E-state index contributed by atoms with van der Waals surface area (Å²) in [4.78, 5) is 43.6. The number of aromatic nitrogens is 4. The maximum absolute atomic E-state index is 13.4. The molecule has 1 fully saturated rings. The second kappa shape index (κ2) is 11.4. The van der Waals surface area contributed by atoms with Crippen molar-refractivity contribution in [2.24, 2.45) is 0 Å². The number of rotatable bonds is 8. The highest BCUT2D eigenvalue weighted by atomic mass is 16.6. The summed E-state index contributed by atoms with van der Waals surface area (Å²) in [6.45, 7) is 3.83. The first-order valence-corrected chi connectivity index (χ1v) is 12.8. The molecule has 0 amide bonds. The summed E-state index contributed by atoms with van der Waals surface area (Å²) in [5.74, 6) is -1.19. The molecule has 0 bridgehead atoms. The van der Waals surface area contributed by atoms with Gasteiger partial charge in [-0.1, -0.05) is 50.2 Å². The molecule has 1 aliphatic rings. The average Bonchev–Trinajstić information content (AvgIpc) is 3.63. The third-order valence-electron chi connectivity index (χ3n) is 6.65. The van der Waals surface area contributed by atoms with Gasteiger partial charge < -0.3 is 14.2 Å². The van der Waals surface area contributed by atoms with Crippen molar-refractivity contribution in [3.63, 3.8) is 0 Å². The monoisotopic (exact) mass is 528 g/mol. The van der Waals surface area contributed by atoms with Gasteiger partial charge in [-0.15, -0.1) is 0 Å². The Morgan fingerprint density at radius 1 is 0.923 bits per heavy atom. The number of nitrogens with zero attached hydrogens (tertiary/aromatic N) is 4. The zero-order valence-corrected chi connectivity index (χ0v) is 21.5. The van der Waals surface area contributed by atoms with E-state index in [1.54, 1.807) is 66.9 Å². The minimum absolute atomic E-state index is 0.326. The fourth-order valence-electron chi connectivity index (χ4n) is 4.66. The van der Waals surface area contributed by atoms with Crippen LogP contribution >= 0.6 is 0 Å². The molecule has 0 spiro atoms. The Kier molecular flexibility index (Phi) is 7.64. The lowest BCUT2D eigenvalue weighted by Gasteiger charge is -2.25. The maximum Gasteiger partial charge on any atom is 0.338 e. The molecule has 1 saturated heterocycles. The number of aryl methyl sites for hydroxylation is 1. The van der Waals surface area contributed by atoms with Gasteiger partial charge >= 0.3 is 11.9 Å². The van der Waals surface area contributed by atoms with Crippen molar-refractivity contribution in [1.29, 1.82) is 0 Å². The molecule has 4 atom stereocenters. The molecule has 2 aromatic carbocycles. The van der Waals surface area contributed by atoms with Gasteiger partial charge in [0.2, 0.25) is 0 Å². The number of esters is 2. The molecule has 0 saturated carbocycles. The van der Waals surface area contributed by atoms with Gasteiger partial charge in [0.15, 0.2) is 18.4 Å². The van der Waals surface area contributed by atoms with E-state index < -0.39 is 42.0 Å². The topological polar surface area (TPSA) is 115 Å². The predicted octanol–water partition coefficient (Wildman–Crippen LogP) is 3.75. The standard InChI is InChI=1S/C29H28N4O6/c1-3-19-16-32(24(34)15-22(19)33-18-30-17-31-33)27-26(39-29(36)21-13-9-6-10-14-21)25(23(4-2)37-27)38-28(35)20-11-7-5-8-12-20/h5-18,23,25-27H,3-4H2,1-2H3/t23-,25?,26+,27-/m1/s1. The van der Waals surface area contributed by atoms with Crippen LogP contribution < -0.4 is 5.56 Å². The first kappa shape index (κ1) is 26.1. The second-order valence-corrected chi connectivity index (χ2v) is 9.07. The third kappa shape index (κ3) is 5.37. The van der Waals surface area contributed by atoms with Gasteiger partial charge in [-0.2, -0.15) is 5.10 Å². The van der Waals surface area contributed by atoms with Gasteiger partial charge in [-0.25, -0.2) is 19.3 Å². The fourth-order valence-corrected chi connectivity index (χ4v) is 4.66. The van der Waals surface area contributed by atoms with E-state index in [2.05, 4.69) is 10.1 Å². The van der Waals surface area contributed by atoms with Crippen molar-refractivity contribution in [2.45, 2.75) is 51.2 Å². The highest BCUT2D eigenvalue weighted by Crippen LogP contribution is 2.36. The molecule has 4 aromatic rings. The molecule has 0 radical (unpaired) electrons. The Hall–Kier alpha value is -4.57. The summed E-state index contributed by atoms with van der Waals surface area (Å²) in [5, 5.41) is 4.15. The highest BCUT2D eigenvalue weighted by molar-refractivity contribution is 5.90. The van der Waals surface area contributed by atoms with E-state index in [-0.39, 0.29) is 0 Å². The van der Waals surface area contributed by atoms with Crippen LogP contribution in [0.4, 0.5) is 0 Å². The Balaban J connectivity index is 1.54. The number of benzene rings is 2. The lowest BCUT2D eigenvalue weighted by atomic mass is 10.1. The maximum atomic E-state index is 13.4. The van der Waals surface area contributed by atoms with E-state index in [1.165, 1.54) is 28.0 Å². The van der Waals surface area contributed by atoms with E-state index >= 15 is 0 Å².